The highest BCUT2D eigenvalue weighted by molar-refractivity contribution is 5.89. The molecule has 0 aromatic carbocycles. The molecule has 6 fully saturated rings. The predicted molar refractivity (Wildman–Crippen MR) is 182 cm³/mol. The molecule has 1 amide bonds. The van der Waals surface area contributed by atoms with Crippen molar-refractivity contribution in [2.45, 2.75) is 157 Å². The summed E-state index contributed by atoms with van der Waals surface area (Å²) in [4.78, 5) is 38.5. The number of carbonyl (C=O) groups excluding carboxylic acids is 3. The van der Waals surface area contributed by atoms with E-state index in [0.717, 1.165) is 77.0 Å². The van der Waals surface area contributed by atoms with Crippen molar-refractivity contribution < 1.29 is 29.3 Å². The Balaban J connectivity index is 1.05. The first-order valence-electron chi connectivity index (χ1n) is 19.5. The topological polar surface area (TPSA) is 113 Å². The summed E-state index contributed by atoms with van der Waals surface area (Å²) in [6.45, 7) is 16.0. The third-order valence-corrected chi connectivity index (χ3v) is 16.6. The summed E-state index contributed by atoms with van der Waals surface area (Å²) in [7, 11) is 0. The van der Waals surface area contributed by atoms with Crippen molar-refractivity contribution in [3.63, 3.8) is 0 Å². The normalized spacial score (nSPS) is 46.2. The van der Waals surface area contributed by atoms with E-state index in [-0.39, 0.29) is 63.3 Å². The van der Waals surface area contributed by atoms with Crippen LogP contribution in [-0.4, -0.2) is 52.7 Å². The van der Waals surface area contributed by atoms with Gasteiger partial charge in [-0.2, -0.15) is 0 Å². The molecular formula is C40H65NO6. The SMILES string of the molecule is CCC(C)C(=O)O[C@H]1CC[C@@]2(C)C(CC(O)C3C2C[C@H](O)[C@]2(C)C(C(C)CCC(=O)NCCC45CCC(CC4=O)C5(C)C)CCC32)C1. The third-order valence-electron chi connectivity index (χ3n) is 16.6. The van der Waals surface area contributed by atoms with E-state index in [1.807, 2.05) is 13.8 Å². The van der Waals surface area contributed by atoms with E-state index in [1.54, 1.807) is 0 Å². The second kappa shape index (κ2) is 12.7. The Morgan fingerprint density at radius 1 is 0.957 bits per heavy atom. The lowest BCUT2D eigenvalue weighted by molar-refractivity contribution is -0.210. The summed E-state index contributed by atoms with van der Waals surface area (Å²) in [5, 5.41) is 26.9. The zero-order valence-electron chi connectivity index (χ0n) is 30.5. The molecule has 6 saturated carbocycles. The summed E-state index contributed by atoms with van der Waals surface area (Å²) in [5.74, 6) is 2.41. The van der Waals surface area contributed by atoms with Gasteiger partial charge in [0.2, 0.25) is 5.91 Å². The number of nitrogens with one attached hydrogen (secondary N) is 1. The van der Waals surface area contributed by atoms with E-state index in [0.29, 0.717) is 48.8 Å². The number of hydrogen-bond acceptors (Lipinski definition) is 6. The fraction of sp³-hybridized carbons (Fsp3) is 0.925. The van der Waals surface area contributed by atoms with Gasteiger partial charge in [0.05, 0.1) is 18.1 Å². The summed E-state index contributed by atoms with van der Waals surface area (Å²) >= 11 is 0. The number of ether oxygens (including phenoxy) is 1. The number of Topliss-reactive ketones (excluding diaryl/α,β-unsaturated/α-hetero) is 1. The second-order valence-electron chi connectivity index (χ2n) is 18.5. The van der Waals surface area contributed by atoms with Crippen molar-refractivity contribution in [1.29, 1.82) is 0 Å². The standard InChI is InChI=1S/C40H65NO6/c1-8-23(2)36(46)47-27-14-15-38(6)26(19-27)20-31(42)35-29-11-10-28(39(29,7)32(43)22-30(35)38)24(3)9-12-34(45)41-18-17-40-16-13-25(21-33(40)44)37(40,4)5/h23-32,35,42-43H,8-22H2,1-7H3,(H,41,45)/t23?,24?,25?,26?,27-,28?,29?,30?,31?,32-,35?,38-,39+,40?/m0/s1. The van der Waals surface area contributed by atoms with Gasteiger partial charge in [-0.25, -0.2) is 0 Å². The van der Waals surface area contributed by atoms with Crippen molar-refractivity contribution >= 4 is 17.7 Å². The molecule has 10 unspecified atom stereocenters. The number of amides is 1. The number of rotatable bonds is 10. The molecule has 6 aliphatic carbocycles. The summed E-state index contributed by atoms with van der Waals surface area (Å²) in [6.07, 6.45) is 10.9. The minimum atomic E-state index is -0.428. The monoisotopic (exact) mass is 655 g/mol. The minimum absolute atomic E-state index is 0.0309. The maximum atomic E-state index is 13.0. The number of hydrogen-bond donors (Lipinski definition) is 3. The Kier molecular flexibility index (Phi) is 9.55. The number of ketones is 1. The van der Waals surface area contributed by atoms with Crippen LogP contribution in [0, 0.1) is 69.0 Å². The molecule has 0 radical (unpaired) electrons. The van der Waals surface area contributed by atoms with Crippen molar-refractivity contribution in [3.05, 3.63) is 0 Å². The number of aliphatic hydroxyl groups excluding tert-OH is 2. The average molecular weight is 656 g/mol. The van der Waals surface area contributed by atoms with Gasteiger partial charge in [0.25, 0.3) is 0 Å². The van der Waals surface area contributed by atoms with Gasteiger partial charge in [-0.1, -0.05) is 48.5 Å². The van der Waals surface area contributed by atoms with E-state index >= 15 is 0 Å². The predicted octanol–water partition coefficient (Wildman–Crippen LogP) is 6.86. The van der Waals surface area contributed by atoms with Crippen LogP contribution in [0.15, 0.2) is 0 Å². The van der Waals surface area contributed by atoms with E-state index in [2.05, 4.69) is 39.9 Å². The van der Waals surface area contributed by atoms with Crippen LogP contribution in [0.3, 0.4) is 0 Å². The zero-order chi connectivity index (χ0) is 34.1. The Hall–Kier alpha value is -1.47. The maximum Gasteiger partial charge on any atom is 0.308 e. The first-order chi connectivity index (χ1) is 22.1. The Bertz CT molecular complexity index is 1220. The van der Waals surface area contributed by atoms with Crippen molar-refractivity contribution in [1.82, 2.24) is 5.32 Å². The van der Waals surface area contributed by atoms with Gasteiger partial charge >= 0.3 is 5.97 Å². The van der Waals surface area contributed by atoms with Crippen LogP contribution < -0.4 is 5.32 Å². The Morgan fingerprint density at radius 2 is 1.70 bits per heavy atom. The molecular weight excluding hydrogens is 590 g/mol. The van der Waals surface area contributed by atoms with Gasteiger partial charge in [-0.05, 0) is 135 Å². The second-order valence-corrected chi connectivity index (χ2v) is 18.5. The van der Waals surface area contributed by atoms with Gasteiger partial charge < -0.3 is 20.3 Å². The molecule has 7 nitrogen and oxygen atoms in total. The van der Waals surface area contributed by atoms with Crippen molar-refractivity contribution in [2.75, 3.05) is 6.54 Å². The van der Waals surface area contributed by atoms with Gasteiger partial charge in [0.1, 0.15) is 11.9 Å². The smallest absolute Gasteiger partial charge is 0.308 e. The fourth-order valence-electron chi connectivity index (χ4n) is 13.1. The van der Waals surface area contributed by atoms with E-state index in [4.69, 9.17) is 4.74 Å². The highest BCUT2D eigenvalue weighted by Crippen LogP contribution is 2.69. The van der Waals surface area contributed by atoms with Crippen LogP contribution in [0.5, 0.6) is 0 Å². The molecule has 6 rings (SSSR count). The molecule has 14 atom stereocenters. The van der Waals surface area contributed by atoms with Crippen LogP contribution in [-0.2, 0) is 19.1 Å². The summed E-state index contributed by atoms with van der Waals surface area (Å²) < 4.78 is 5.95. The summed E-state index contributed by atoms with van der Waals surface area (Å²) in [6, 6.07) is 0. The van der Waals surface area contributed by atoms with Crippen LogP contribution in [0.4, 0.5) is 0 Å². The molecule has 0 spiro atoms. The van der Waals surface area contributed by atoms with Gasteiger partial charge in [-0.3, -0.25) is 14.4 Å². The zero-order valence-corrected chi connectivity index (χ0v) is 30.5. The highest BCUT2D eigenvalue weighted by atomic mass is 16.5. The number of carbonyl (C=O) groups is 3. The highest BCUT2D eigenvalue weighted by Gasteiger charge is 2.66. The average Bonchev–Trinajstić information content (AvgIpc) is 3.57. The largest absolute Gasteiger partial charge is 0.462 e. The molecule has 7 heteroatoms. The van der Waals surface area contributed by atoms with Crippen LogP contribution in [0.1, 0.15) is 138 Å². The molecule has 0 aromatic rings. The molecule has 0 aromatic heterocycles. The summed E-state index contributed by atoms with van der Waals surface area (Å²) in [5.41, 5.74) is -0.467. The quantitative estimate of drug-likeness (QED) is 0.222. The van der Waals surface area contributed by atoms with E-state index in [9.17, 15) is 24.6 Å². The molecule has 0 saturated heterocycles. The fourth-order valence-corrected chi connectivity index (χ4v) is 13.1. The molecule has 0 heterocycles. The third kappa shape index (κ3) is 5.54. The molecule has 3 N–H and O–H groups in total. The van der Waals surface area contributed by atoms with Crippen molar-refractivity contribution in [2.24, 2.45) is 69.0 Å². The molecule has 266 valence electrons. The first kappa shape index (κ1) is 35.4. The van der Waals surface area contributed by atoms with Crippen LogP contribution in [0.25, 0.3) is 0 Å². The van der Waals surface area contributed by atoms with Gasteiger partial charge in [0.15, 0.2) is 0 Å². The van der Waals surface area contributed by atoms with Gasteiger partial charge in [-0.15, -0.1) is 0 Å². The van der Waals surface area contributed by atoms with E-state index in [1.165, 1.54) is 0 Å². The lowest BCUT2D eigenvalue weighted by Gasteiger charge is -2.63. The van der Waals surface area contributed by atoms with Gasteiger partial charge in [0, 0.05) is 24.8 Å². The molecule has 2 bridgehead atoms. The molecule has 0 aliphatic heterocycles. The molecule has 47 heavy (non-hydrogen) atoms. The number of esters is 1. The minimum Gasteiger partial charge on any atom is -0.462 e. The Morgan fingerprint density at radius 3 is 2.36 bits per heavy atom. The lowest BCUT2D eigenvalue weighted by atomic mass is 9.43. The Labute approximate surface area is 284 Å². The van der Waals surface area contributed by atoms with Crippen molar-refractivity contribution in [3.8, 4) is 0 Å². The number of fused-ring (bicyclic) bond motifs is 7. The van der Waals surface area contributed by atoms with Crippen LogP contribution in [0.2, 0.25) is 0 Å². The van der Waals surface area contributed by atoms with Crippen LogP contribution >= 0.6 is 0 Å². The molecule has 6 aliphatic rings. The maximum absolute atomic E-state index is 13.0. The number of aliphatic hydroxyl groups is 2. The van der Waals surface area contributed by atoms with E-state index < -0.39 is 12.2 Å². The lowest BCUT2D eigenvalue weighted by Crippen LogP contribution is -2.62. The first-order valence-corrected chi connectivity index (χ1v) is 19.5.